The molecule has 0 saturated heterocycles. The van der Waals surface area contributed by atoms with E-state index in [1.165, 1.54) is 18.2 Å². The molecule has 0 saturated carbocycles. The summed E-state index contributed by atoms with van der Waals surface area (Å²) in [6.45, 7) is 0. The highest BCUT2D eigenvalue weighted by Crippen LogP contribution is 2.30. The summed E-state index contributed by atoms with van der Waals surface area (Å²) < 4.78 is 26.2. The number of fused-ring (bicyclic) bond motifs is 1. The summed E-state index contributed by atoms with van der Waals surface area (Å²) in [4.78, 5) is 10.9. The second-order valence-electron chi connectivity index (χ2n) is 5.95. The van der Waals surface area contributed by atoms with Crippen LogP contribution in [0.4, 0.5) is 0 Å². The standard InChI is InChI=1S/C19H17NO5S/c20-17(19(22)23)10-14-5-7-15(21)11-18(14)26(24,25)16-8-6-12-3-1-2-4-13(12)9-16/h1-9,11,17,21H,10,20H2,(H,22,23)/t17-/m0/s1. The van der Waals surface area contributed by atoms with Gasteiger partial charge < -0.3 is 15.9 Å². The lowest BCUT2D eigenvalue weighted by Gasteiger charge is -2.14. The fourth-order valence-electron chi connectivity index (χ4n) is 2.75. The third-order valence-corrected chi connectivity index (χ3v) is 5.96. The van der Waals surface area contributed by atoms with Crippen molar-refractivity contribution in [1.29, 1.82) is 0 Å². The molecule has 6 nitrogen and oxygen atoms in total. The van der Waals surface area contributed by atoms with Gasteiger partial charge in [0.1, 0.15) is 11.8 Å². The van der Waals surface area contributed by atoms with Gasteiger partial charge in [0, 0.05) is 0 Å². The summed E-state index contributed by atoms with van der Waals surface area (Å²) in [5.41, 5.74) is 5.80. The average Bonchev–Trinajstić information content (AvgIpc) is 2.62. The number of aliphatic carboxylic acids is 1. The molecule has 0 heterocycles. The molecule has 0 radical (unpaired) electrons. The van der Waals surface area contributed by atoms with Gasteiger partial charge in [-0.05, 0) is 47.0 Å². The molecule has 7 heteroatoms. The molecule has 26 heavy (non-hydrogen) atoms. The largest absolute Gasteiger partial charge is 0.508 e. The Kier molecular flexibility index (Phi) is 4.67. The molecule has 0 unspecified atom stereocenters. The monoisotopic (exact) mass is 371 g/mol. The molecule has 0 aliphatic rings. The zero-order valence-corrected chi connectivity index (χ0v) is 14.5. The van der Waals surface area contributed by atoms with E-state index in [0.717, 1.165) is 16.8 Å². The summed E-state index contributed by atoms with van der Waals surface area (Å²) in [5, 5.41) is 20.4. The zero-order chi connectivity index (χ0) is 18.9. The van der Waals surface area contributed by atoms with Crippen LogP contribution in [0, 0.1) is 0 Å². The van der Waals surface area contributed by atoms with E-state index in [0.29, 0.717) is 0 Å². The van der Waals surface area contributed by atoms with E-state index in [1.54, 1.807) is 18.2 Å². The molecule has 3 rings (SSSR count). The van der Waals surface area contributed by atoms with Crippen molar-refractivity contribution in [2.24, 2.45) is 5.73 Å². The Labute approximate surface area is 150 Å². The Morgan fingerprint density at radius 3 is 2.38 bits per heavy atom. The van der Waals surface area contributed by atoms with Crippen molar-refractivity contribution in [2.75, 3.05) is 0 Å². The second kappa shape index (κ2) is 6.78. The van der Waals surface area contributed by atoms with Gasteiger partial charge in [0.05, 0.1) is 9.79 Å². The van der Waals surface area contributed by atoms with E-state index in [-0.39, 0.29) is 27.5 Å². The molecule has 0 aliphatic carbocycles. The molecule has 3 aromatic rings. The van der Waals surface area contributed by atoms with E-state index in [4.69, 9.17) is 10.8 Å². The topological polar surface area (TPSA) is 118 Å². The first-order chi connectivity index (χ1) is 12.3. The van der Waals surface area contributed by atoms with Gasteiger partial charge in [0.25, 0.3) is 0 Å². The minimum atomic E-state index is -3.96. The molecule has 0 bridgehead atoms. The van der Waals surface area contributed by atoms with Crippen LogP contribution in [-0.2, 0) is 21.1 Å². The van der Waals surface area contributed by atoms with E-state index in [9.17, 15) is 18.3 Å². The summed E-state index contributed by atoms with van der Waals surface area (Å²) in [6.07, 6.45) is -0.169. The molecule has 1 atom stereocenters. The highest BCUT2D eigenvalue weighted by molar-refractivity contribution is 7.91. The lowest BCUT2D eigenvalue weighted by atomic mass is 10.1. The number of sulfone groups is 1. The zero-order valence-electron chi connectivity index (χ0n) is 13.7. The van der Waals surface area contributed by atoms with Crippen molar-refractivity contribution in [2.45, 2.75) is 22.3 Å². The Bertz CT molecular complexity index is 1090. The molecule has 4 N–H and O–H groups in total. The maximum Gasteiger partial charge on any atom is 0.320 e. The van der Waals surface area contributed by atoms with Crippen LogP contribution >= 0.6 is 0 Å². The quantitative estimate of drug-likeness (QED) is 0.633. The van der Waals surface area contributed by atoms with Gasteiger partial charge in [-0.25, -0.2) is 8.42 Å². The third kappa shape index (κ3) is 3.40. The van der Waals surface area contributed by atoms with Gasteiger partial charge >= 0.3 is 5.97 Å². The number of rotatable bonds is 5. The number of hydrogen-bond donors (Lipinski definition) is 3. The fourth-order valence-corrected chi connectivity index (χ4v) is 4.30. The summed E-state index contributed by atoms with van der Waals surface area (Å²) in [7, 11) is -3.96. The Morgan fingerprint density at radius 1 is 1.00 bits per heavy atom. The molecule has 0 aromatic heterocycles. The van der Waals surface area contributed by atoms with E-state index >= 15 is 0 Å². The molecule has 0 amide bonds. The van der Waals surface area contributed by atoms with Crippen LogP contribution in [0.3, 0.4) is 0 Å². The van der Waals surface area contributed by atoms with E-state index in [1.807, 2.05) is 18.2 Å². The molecule has 0 spiro atoms. The molecular weight excluding hydrogens is 354 g/mol. The van der Waals surface area contributed by atoms with Crippen molar-refractivity contribution in [3.05, 3.63) is 66.2 Å². The number of phenolic OH excluding ortho intramolecular Hbond substituents is 1. The van der Waals surface area contributed by atoms with Crippen LogP contribution in [0.5, 0.6) is 5.75 Å². The molecule has 0 fully saturated rings. The molecule has 0 aliphatic heterocycles. The number of carbonyl (C=O) groups is 1. The number of carboxylic acids is 1. The Balaban J connectivity index is 2.13. The van der Waals surface area contributed by atoms with Crippen LogP contribution in [0.15, 0.2) is 70.5 Å². The minimum absolute atomic E-state index is 0.0620. The highest BCUT2D eigenvalue weighted by Gasteiger charge is 2.24. The number of hydrogen-bond acceptors (Lipinski definition) is 5. The van der Waals surface area contributed by atoms with Crippen molar-refractivity contribution in [3.63, 3.8) is 0 Å². The number of aromatic hydroxyl groups is 1. The normalized spacial score (nSPS) is 12.8. The van der Waals surface area contributed by atoms with Gasteiger partial charge in [-0.2, -0.15) is 0 Å². The predicted molar refractivity (Wildman–Crippen MR) is 96.8 cm³/mol. The van der Waals surface area contributed by atoms with Crippen LogP contribution < -0.4 is 5.73 Å². The smallest absolute Gasteiger partial charge is 0.320 e. The fraction of sp³-hybridized carbons (Fsp3) is 0.105. The first-order valence-electron chi connectivity index (χ1n) is 7.83. The lowest BCUT2D eigenvalue weighted by molar-refractivity contribution is -0.138. The SMILES string of the molecule is N[C@@H](Cc1ccc(O)cc1S(=O)(=O)c1ccc2ccccc2c1)C(=O)O. The van der Waals surface area contributed by atoms with Gasteiger partial charge in [-0.3, -0.25) is 4.79 Å². The highest BCUT2D eigenvalue weighted by atomic mass is 32.2. The van der Waals surface area contributed by atoms with Gasteiger partial charge in [0.15, 0.2) is 0 Å². The first kappa shape index (κ1) is 17.9. The number of benzene rings is 3. The van der Waals surface area contributed by atoms with Crippen LogP contribution in [0.1, 0.15) is 5.56 Å². The summed E-state index contributed by atoms with van der Waals surface area (Å²) in [5.74, 6) is -1.45. The second-order valence-corrected chi connectivity index (χ2v) is 7.87. The van der Waals surface area contributed by atoms with E-state index in [2.05, 4.69) is 0 Å². The van der Waals surface area contributed by atoms with Gasteiger partial charge in [0.2, 0.25) is 9.84 Å². The van der Waals surface area contributed by atoms with Gasteiger partial charge in [-0.15, -0.1) is 0 Å². The van der Waals surface area contributed by atoms with Crippen molar-refractivity contribution in [1.82, 2.24) is 0 Å². The lowest BCUT2D eigenvalue weighted by Crippen LogP contribution is -2.32. The minimum Gasteiger partial charge on any atom is -0.508 e. The maximum atomic E-state index is 13.1. The summed E-state index contributed by atoms with van der Waals surface area (Å²) in [6, 6.07) is 14.7. The average molecular weight is 371 g/mol. The Hall–Kier alpha value is -2.90. The maximum absolute atomic E-state index is 13.1. The summed E-state index contributed by atoms with van der Waals surface area (Å²) >= 11 is 0. The van der Waals surface area contributed by atoms with Crippen molar-refractivity contribution >= 4 is 26.6 Å². The van der Waals surface area contributed by atoms with Crippen molar-refractivity contribution < 1.29 is 23.4 Å². The Morgan fingerprint density at radius 2 is 1.69 bits per heavy atom. The van der Waals surface area contributed by atoms with Crippen LogP contribution in [0.25, 0.3) is 10.8 Å². The molecule has 3 aromatic carbocycles. The predicted octanol–water partition coefficient (Wildman–Crippen LogP) is 2.33. The third-order valence-electron chi connectivity index (χ3n) is 4.13. The van der Waals surface area contributed by atoms with Crippen LogP contribution in [-0.4, -0.2) is 30.6 Å². The molecule has 134 valence electrons. The van der Waals surface area contributed by atoms with E-state index < -0.39 is 21.8 Å². The van der Waals surface area contributed by atoms with Gasteiger partial charge in [-0.1, -0.05) is 36.4 Å². The van der Waals surface area contributed by atoms with Crippen molar-refractivity contribution in [3.8, 4) is 5.75 Å². The first-order valence-corrected chi connectivity index (χ1v) is 9.31. The number of carboxylic acid groups (broad SMARTS) is 1. The van der Waals surface area contributed by atoms with Crippen LogP contribution in [0.2, 0.25) is 0 Å². The number of phenols is 1. The number of nitrogens with two attached hydrogens (primary N) is 1. The molecular formula is C19H17NO5S.